The van der Waals surface area contributed by atoms with E-state index in [-0.39, 0.29) is 10.5 Å². The molecule has 0 bridgehead atoms. The van der Waals surface area contributed by atoms with Gasteiger partial charge in [-0.05, 0) is 37.8 Å². The Morgan fingerprint density at radius 3 is 1.63 bits per heavy atom. The quantitative estimate of drug-likeness (QED) is 0.521. The Bertz CT molecular complexity index is 689. The van der Waals surface area contributed by atoms with Crippen molar-refractivity contribution in [2.75, 3.05) is 0 Å². The van der Waals surface area contributed by atoms with E-state index in [4.69, 9.17) is 3.63 Å². The van der Waals surface area contributed by atoms with Crippen LogP contribution >= 0.6 is 10.3 Å². The molecule has 0 heterocycles. The van der Waals surface area contributed by atoms with Crippen molar-refractivity contribution in [1.82, 2.24) is 0 Å². The fraction of sp³-hybridized carbons (Fsp3) is 0.684. The lowest BCUT2D eigenvalue weighted by Gasteiger charge is -2.52. The maximum Gasteiger partial charge on any atom is 0.523 e. The average molecular weight is 425 g/mol. The van der Waals surface area contributed by atoms with Gasteiger partial charge in [0.1, 0.15) is 0 Å². The highest BCUT2D eigenvalue weighted by Gasteiger charge is 2.55. The minimum atomic E-state index is -5.67. The van der Waals surface area contributed by atoms with Crippen molar-refractivity contribution in [1.29, 1.82) is 0 Å². The van der Waals surface area contributed by atoms with Crippen LogP contribution in [0.3, 0.4) is 0 Å². The normalized spacial score (nSPS) is 21.9. The molecular weight excluding hydrogens is 397 g/mol. The summed E-state index contributed by atoms with van der Waals surface area (Å²) in [6, 6.07) is 8.88. The molecule has 2 saturated carbocycles. The zero-order valence-corrected chi connectivity index (χ0v) is 16.9. The molecule has 3 nitrogen and oxygen atoms in total. The van der Waals surface area contributed by atoms with E-state index in [1.165, 1.54) is 0 Å². The van der Waals surface area contributed by atoms with E-state index >= 15 is 0 Å². The van der Waals surface area contributed by atoms with Crippen LogP contribution in [0.1, 0.15) is 64.2 Å². The number of hydrogen-bond acceptors (Lipinski definition) is 3. The molecule has 2 aliphatic carbocycles. The summed E-state index contributed by atoms with van der Waals surface area (Å²) in [6.45, 7) is 0. The van der Waals surface area contributed by atoms with Crippen LogP contribution in [0.15, 0.2) is 35.2 Å². The molecule has 8 heteroatoms. The molecule has 0 unspecified atom stereocenters. The Balaban J connectivity index is 2.14. The molecular formula is C19H27F3O3S2. The molecule has 27 heavy (non-hydrogen) atoms. The summed E-state index contributed by atoms with van der Waals surface area (Å²) in [5.41, 5.74) is -5.40. The van der Waals surface area contributed by atoms with Crippen molar-refractivity contribution < 1.29 is 25.2 Å². The fourth-order valence-electron chi connectivity index (χ4n) is 4.46. The summed E-state index contributed by atoms with van der Waals surface area (Å²) in [5, 5.41) is -0.289. The molecule has 0 radical (unpaired) electrons. The maximum absolute atomic E-state index is 13.3. The predicted molar refractivity (Wildman–Crippen MR) is 102 cm³/mol. The van der Waals surface area contributed by atoms with Gasteiger partial charge in [-0.1, -0.05) is 67.0 Å². The fourth-order valence-corrected chi connectivity index (χ4v) is 11.1. The van der Waals surface area contributed by atoms with Crippen LogP contribution in [-0.2, 0) is 13.7 Å². The zero-order chi connectivity index (χ0) is 19.5. The van der Waals surface area contributed by atoms with Crippen LogP contribution in [-0.4, -0.2) is 24.4 Å². The molecule has 154 valence electrons. The molecule has 1 aromatic carbocycles. The van der Waals surface area contributed by atoms with Crippen LogP contribution in [0, 0.1) is 0 Å². The van der Waals surface area contributed by atoms with E-state index in [1.807, 2.05) is 0 Å². The van der Waals surface area contributed by atoms with Gasteiger partial charge in [-0.25, -0.2) is 3.63 Å². The summed E-state index contributed by atoms with van der Waals surface area (Å²) in [6.07, 6.45) is 8.64. The predicted octanol–water partition coefficient (Wildman–Crippen LogP) is 6.30. The third kappa shape index (κ3) is 4.32. The molecule has 0 N–H and O–H groups in total. The largest absolute Gasteiger partial charge is 0.523 e. The summed E-state index contributed by atoms with van der Waals surface area (Å²) in [5.74, 6) is 0. The molecule has 0 aromatic heterocycles. The topological polar surface area (TPSA) is 43.4 Å². The van der Waals surface area contributed by atoms with Gasteiger partial charge >= 0.3 is 15.6 Å². The Kier molecular flexibility index (Phi) is 6.48. The molecule has 0 spiro atoms. The summed E-state index contributed by atoms with van der Waals surface area (Å²) in [7, 11) is -8.29. The van der Waals surface area contributed by atoms with Crippen LogP contribution in [0.25, 0.3) is 0 Å². The third-order valence-electron chi connectivity index (χ3n) is 5.69. The van der Waals surface area contributed by atoms with Crippen molar-refractivity contribution in [2.45, 2.75) is 85.1 Å². The second kappa shape index (κ2) is 8.33. The van der Waals surface area contributed by atoms with Crippen LogP contribution < -0.4 is 0 Å². The van der Waals surface area contributed by atoms with Gasteiger partial charge in [-0.3, -0.25) is 0 Å². The maximum atomic E-state index is 13.3. The molecule has 0 amide bonds. The highest BCUT2D eigenvalue weighted by molar-refractivity contribution is 8.34. The first kappa shape index (κ1) is 21.0. The second-order valence-electron chi connectivity index (χ2n) is 7.45. The minimum absolute atomic E-state index is 0.145. The third-order valence-corrected chi connectivity index (χ3v) is 11.8. The van der Waals surface area contributed by atoms with Gasteiger partial charge in [0.25, 0.3) is 0 Å². The van der Waals surface area contributed by atoms with Crippen molar-refractivity contribution in [3.63, 3.8) is 0 Å². The molecule has 3 rings (SSSR count). The number of hydrogen-bond donors (Lipinski definition) is 0. The highest BCUT2D eigenvalue weighted by Crippen LogP contribution is 2.70. The van der Waals surface area contributed by atoms with Crippen LogP contribution in [0.2, 0.25) is 0 Å². The van der Waals surface area contributed by atoms with Gasteiger partial charge in [0.15, 0.2) is 0 Å². The lowest BCUT2D eigenvalue weighted by molar-refractivity contribution is -0.0497. The molecule has 1 aromatic rings. The first-order valence-electron chi connectivity index (χ1n) is 9.66. The van der Waals surface area contributed by atoms with Gasteiger partial charge in [0.05, 0.1) is 0 Å². The van der Waals surface area contributed by atoms with Gasteiger partial charge < -0.3 is 0 Å². The molecule has 0 atom stereocenters. The number of alkyl halides is 3. The van der Waals surface area contributed by atoms with Crippen LogP contribution in [0.5, 0.6) is 0 Å². The van der Waals surface area contributed by atoms with E-state index in [2.05, 4.69) is 0 Å². The first-order chi connectivity index (χ1) is 12.8. The van der Waals surface area contributed by atoms with Gasteiger partial charge in [0, 0.05) is 15.4 Å². The Morgan fingerprint density at radius 2 is 1.22 bits per heavy atom. The van der Waals surface area contributed by atoms with E-state index < -0.39 is 25.9 Å². The SMILES string of the molecule is O=S(=O)(OS(c1ccccc1)(C1CCCCC1)C1CCCCC1)C(F)(F)F. The van der Waals surface area contributed by atoms with Crippen molar-refractivity contribution in [3.8, 4) is 0 Å². The smallest absolute Gasteiger partial charge is 0.208 e. The standard InChI is InChI=1S/C19H27F3O3S2/c20-19(21,22)27(23,24)25-26(16-10-4-1-5-11-16,17-12-6-2-7-13-17)18-14-8-3-9-15-18/h1,4-5,10-11,17-18H,2-3,6-9,12-15H2. The van der Waals surface area contributed by atoms with Crippen molar-refractivity contribution >= 4 is 20.4 Å². The number of halogens is 3. The van der Waals surface area contributed by atoms with Crippen LogP contribution in [0.4, 0.5) is 13.2 Å². The minimum Gasteiger partial charge on any atom is -0.208 e. The van der Waals surface area contributed by atoms with Crippen molar-refractivity contribution in [2.24, 2.45) is 0 Å². The monoisotopic (exact) mass is 424 g/mol. The summed E-state index contributed by atoms with van der Waals surface area (Å²) >= 11 is 0. The van der Waals surface area contributed by atoms with E-state index in [0.29, 0.717) is 4.90 Å². The van der Waals surface area contributed by atoms with Gasteiger partial charge in [-0.15, -0.1) is 0 Å². The molecule has 0 aliphatic heterocycles. The zero-order valence-electron chi connectivity index (χ0n) is 15.3. The average Bonchev–Trinajstić information content (AvgIpc) is 2.67. The second-order valence-corrected chi connectivity index (χ2v) is 12.5. The molecule has 2 fully saturated rings. The lowest BCUT2D eigenvalue weighted by Crippen LogP contribution is -2.38. The van der Waals surface area contributed by atoms with Gasteiger partial charge in [0.2, 0.25) is 0 Å². The Labute approximate surface area is 161 Å². The Morgan fingerprint density at radius 1 is 0.778 bits per heavy atom. The first-order valence-corrected chi connectivity index (χ1v) is 12.7. The highest BCUT2D eigenvalue weighted by atomic mass is 32.3. The molecule has 2 aliphatic rings. The molecule has 0 saturated heterocycles. The van der Waals surface area contributed by atoms with Crippen molar-refractivity contribution in [3.05, 3.63) is 30.3 Å². The van der Waals surface area contributed by atoms with E-state index in [0.717, 1.165) is 64.2 Å². The number of rotatable bonds is 5. The summed E-state index contributed by atoms with van der Waals surface area (Å²) < 4.78 is 69.7. The van der Waals surface area contributed by atoms with Gasteiger partial charge in [-0.2, -0.15) is 21.6 Å². The summed E-state index contributed by atoms with van der Waals surface area (Å²) in [4.78, 5) is 0.650. The van der Waals surface area contributed by atoms with E-state index in [9.17, 15) is 21.6 Å². The number of benzene rings is 1. The lowest BCUT2D eigenvalue weighted by atomic mass is 10.00. The van der Waals surface area contributed by atoms with E-state index in [1.54, 1.807) is 30.3 Å². The Hall–Kier alpha value is -0.730.